The highest BCUT2D eigenvalue weighted by molar-refractivity contribution is 7.17. The summed E-state index contributed by atoms with van der Waals surface area (Å²) in [6.45, 7) is 2.78. The molecule has 0 bridgehead atoms. The summed E-state index contributed by atoms with van der Waals surface area (Å²) in [7, 11) is 0. The topological polar surface area (TPSA) is 34.9 Å². The van der Waals surface area contributed by atoms with Gasteiger partial charge >= 0.3 is 0 Å². The number of thiophene rings is 1. The SMILES string of the molecule is CCn1cc(C(=O)c2csc3ccccc23)cn1. The molecule has 2 aromatic heterocycles. The normalized spacial score (nSPS) is 10.9. The minimum absolute atomic E-state index is 0.0483. The molecular weight excluding hydrogens is 244 g/mol. The molecule has 2 heterocycles. The predicted octanol–water partition coefficient (Wildman–Crippen LogP) is 3.35. The van der Waals surface area contributed by atoms with Crippen molar-refractivity contribution in [3.05, 3.63) is 53.2 Å². The van der Waals surface area contributed by atoms with Gasteiger partial charge in [-0.1, -0.05) is 18.2 Å². The maximum absolute atomic E-state index is 12.4. The third-order valence-corrected chi connectivity index (χ3v) is 3.91. The molecule has 0 unspecified atom stereocenters. The average Bonchev–Trinajstić information content (AvgIpc) is 3.04. The fourth-order valence-corrected chi connectivity index (χ4v) is 2.90. The van der Waals surface area contributed by atoms with E-state index in [4.69, 9.17) is 0 Å². The van der Waals surface area contributed by atoms with Gasteiger partial charge in [-0.25, -0.2) is 0 Å². The number of benzene rings is 1. The van der Waals surface area contributed by atoms with Crippen LogP contribution in [0.2, 0.25) is 0 Å². The summed E-state index contributed by atoms with van der Waals surface area (Å²) < 4.78 is 2.91. The smallest absolute Gasteiger partial charge is 0.197 e. The van der Waals surface area contributed by atoms with Gasteiger partial charge < -0.3 is 0 Å². The van der Waals surface area contributed by atoms with Gasteiger partial charge in [-0.3, -0.25) is 9.48 Å². The number of aryl methyl sites for hydroxylation is 1. The minimum Gasteiger partial charge on any atom is -0.288 e. The summed E-state index contributed by atoms with van der Waals surface area (Å²) in [6, 6.07) is 7.97. The molecule has 18 heavy (non-hydrogen) atoms. The van der Waals surface area contributed by atoms with Gasteiger partial charge in [0.1, 0.15) is 0 Å². The van der Waals surface area contributed by atoms with Crippen molar-refractivity contribution in [1.82, 2.24) is 9.78 Å². The lowest BCUT2D eigenvalue weighted by Crippen LogP contribution is -1.99. The van der Waals surface area contributed by atoms with Crippen LogP contribution in [0.25, 0.3) is 10.1 Å². The number of carbonyl (C=O) groups excluding carboxylic acids is 1. The van der Waals surface area contributed by atoms with Crippen LogP contribution in [0.1, 0.15) is 22.8 Å². The van der Waals surface area contributed by atoms with Crippen LogP contribution in [0.4, 0.5) is 0 Å². The number of aromatic nitrogens is 2. The van der Waals surface area contributed by atoms with Crippen molar-refractivity contribution in [3.8, 4) is 0 Å². The van der Waals surface area contributed by atoms with E-state index in [9.17, 15) is 4.79 Å². The Balaban J connectivity index is 2.06. The van der Waals surface area contributed by atoms with Gasteiger partial charge in [-0.2, -0.15) is 5.10 Å². The Bertz CT molecular complexity index is 711. The quantitative estimate of drug-likeness (QED) is 0.674. The molecular formula is C14H12N2OS. The van der Waals surface area contributed by atoms with E-state index in [1.54, 1.807) is 28.4 Å². The number of hydrogen-bond acceptors (Lipinski definition) is 3. The fraction of sp³-hybridized carbons (Fsp3) is 0.143. The first-order valence-corrected chi connectivity index (χ1v) is 6.71. The van der Waals surface area contributed by atoms with Crippen LogP contribution in [0.5, 0.6) is 0 Å². The number of rotatable bonds is 3. The van der Waals surface area contributed by atoms with Gasteiger partial charge in [0.15, 0.2) is 5.78 Å². The summed E-state index contributed by atoms with van der Waals surface area (Å²) in [5, 5.41) is 7.10. The summed E-state index contributed by atoms with van der Waals surface area (Å²) in [5.74, 6) is 0.0483. The van der Waals surface area contributed by atoms with E-state index in [1.807, 2.05) is 36.6 Å². The number of fused-ring (bicyclic) bond motifs is 1. The zero-order valence-electron chi connectivity index (χ0n) is 9.96. The van der Waals surface area contributed by atoms with Gasteiger partial charge in [-0.05, 0) is 13.0 Å². The molecule has 0 radical (unpaired) electrons. The van der Waals surface area contributed by atoms with Crippen LogP contribution in [0, 0.1) is 0 Å². The second kappa shape index (κ2) is 4.38. The monoisotopic (exact) mass is 256 g/mol. The molecule has 0 amide bonds. The lowest BCUT2D eigenvalue weighted by Gasteiger charge is -1.96. The van der Waals surface area contributed by atoms with Gasteiger partial charge in [0.05, 0.1) is 11.8 Å². The van der Waals surface area contributed by atoms with E-state index in [1.165, 1.54) is 0 Å². The molecule has 1 aromatic carbocycles. The molecule has 0 aliphatic carbocycles. The van der Waals surface area contributed by atoms with Gasteiger partial charge in [0.2, 0.25) is 0 Å². The van der Waals surface area contributed by atoms with E-state index in [-0.39, 0.29) is 5.78 Å². The van der Waals surface area contributed by atoms with E-state index in [2.05, 4.69) is 5.10 Å². The molecule has 3 aromatic rings. The maximum atomic E-state index is 12.4. The molecule has 0 spiro atoms. The summed E-state index contributed by atoms with van der Waals surface area (Å²) >= 11 is 1.60. The molecule has 0 N–H and O–H groups in total. The molecule has 4 heteroatoms. The Labute approximate surface area is 109 Å². The second-order valence-corrected chi connectivity index (χ2v) is 4.97. The molecule has 0 aliphatic heterocycles. The van der Waals surface area contributed by atoms with E-state index >= 15 is 0 Å². The number of nitrogens with zero attached hydrogens (tertiary/aromatic N) is 2. The summed E-state index contributed by atoms with van der Waals surface area (Å²) in [5.41, 5.74) is 1.42. The highest BCUT2D eigenvalue weighted by atomic mass is 32.1. The van der Waals surface area contributed by atoms with Crippen molar-refractivity contribution >= 4 is 27.2 Å². The van der Waals surface area contributed by atoms with Crippen molar-refractivity contribution in [2.75, 3.05) is 0 Å². The number of carbonyl (C=O) groups is 1. The molecule has 0 fully saturated rings. The third kappa shape index (κ3) is 1.75. The Morgan fingerprint density at radius 3 is 3.00 bits per heavy atom. The van der Waals surface area contributed by atoms with Crippen molar-refractivity contribution in [1.29, 1.82) is 0 Å². The van der Waals surface area contributed by atoms with Crippen molar-refractivity contribution in [2.24, 2.45) is 0 Å². The fourth-order valence-electron chi connectivity index (χ4n) is 1.96. The maximum Gasteiger partial charge on any atom is 0.197 e. The molecule has 0 atom stereocenters. The minimum atomic E-state index is 0.0483. The number of ketones is 1. The Morgan fingerprint density at radius 2 is 2.22 bits per heavy atom. The van der Waals surface area contributed by atoms with Gasteiger partial charge in [-0.15, -0.1) is 11.3 Å². The van der Waals surface area contributed by atoms with Crippen LogP contribution in [0.3, 0.4) is 0 Å². The van der Waals surface area contributed by atoms with E-state index < -0.39 is 0 Å². The molecule has 3 rings (SSSR count). The molecule has 3 nitrogen and oxygen atoms in total. The van der Waals surface area contributed by atoms with Crippen molar-refractivity contribution < 1.29 is 4.79 Å². The first-order valence-electron chi connectivity index (χ1n) is 5.83. The first-order chi connectivity index (χ1) is 8.79. The van der Waals surface area contributed by atoms with Crippen molar-refractivity contribution in [3.63, 3.8) is 0 Å². The van der Waals surface area contributed by atoms with Crippen LogP contribution in [-0.4, -0.2) is 15.6 Å². The highest BCUT2D eigenvalue weighted by Crippen LogP contribution is 2.27. The summed E-state index contributed by atoms with van der Waals surface area (Å²) in [6.07, 6.45) is 3.44. The Kier molecular flexibility index (Phi) is 2.72. The largest absolute Gasteiger partial charge is 0.288 e. The third-order valence-electron chi connectivity index (χ3n) is 2.95. The van der Waals surface area contributed by atoms with Crippen LogP contribution in [-0.2, 0) is 6.54 Å². The molecule has 0 saturated heterocycles. The standard InChI is InChI=1S/C14H12N2OS/c1-2-16-8-10(7-15-16)14(17)12-9-18-13-6-4-3-5-11(12)13/h3-9H,2H2,1H3. The average molecular weight is 256 g/mol. The first kappa shape index (κ1) is 11.2. The van der Waals surface area contributed by atoms with Crippen LogP contribution < -0.4 is 0 Å². The highest BCUT2D eigenvalue weighted by Gasteiger charge is 2.15. The molecule has 0 saturated carbocycles. The van der Waals surface area contributed by atoms with Crippen LogP contribution in [0.15, 0.2) is 42.0 Å². The zero-order valence-corrected chi connectivity index (χ0v) is 10.8. The Morgan fingerprint density at radius 1 is 1.39 bits per heavy atom. The van der Waals surface area contributed by atoms with Crippen LogP contribution >= 0.6 is 11.3 Å². The van der Waals surface area contributed by atoms with Gasteiger partial charge in [0, 0.05) is 33.8 Å². The van der Waals surface area contributed by atoms with E-state index in [0.29, 0.717) is 5.56 Å². The van der Waals surface area contributed by atoms with Crippen molar-refractivity contribution in [2.45, 2.75) is 13.5 Å². The predicted molar refractivity (Wildman–Crippen MR) is 73.2 cm³/mol. The molecule has 0 aliphatic rings. The second-order valence-electron chi connectivity index (χ2n) is 4.06. The Hall–Kier alpha value is -1.94. The van der Waals surface area contributed by atoms with E-state index in [0.717, 1.165) is 22.2 Å². The summed E-state index contributed by atoms with van der Waals surface area (Å²) in [4.78, 5) is 12.4. The lowest BCUT2D eigenvalue weighted by molar-refractivity contribution is 0.104. The van der Waals surface area contributed by atoms with Gasteiger partial charge in [0.25, 0.3) is 0 Å². The zero-order chi connectivity index (χ0) is 12.5. The number of hydrogen-bond donors (Lipinski definition) is 0. The lowest BCUT2D eigenvalue weighted by atomic mass is 10.1. The molecule has 90 valence electrons.